The van der Waals surface area contributed by atoms with Crippen molar-refractivity contribution in [2.75, 3.05) is 13.1 Å². The lowest BCUT2D eigenvalue weighted by atomic mass is 9.99. The van der Waals surface area contributed by atoms with Crippen molar-refractivity contribution in [2.45, 2.75) is 58.0 Å². The van der Waals surface area contributed by atoms with Gasteiger partial charge >= 0.3 is 0 Å². The number of likely N-dealkylation sites (tertiary alicyclic amines) is 1. The third-order valence-corrected chi connectivity index (χ3v) is 4.46. The molecule has 0 amide bonds. The van der Waals surface area contributed by atoms with Gasteiger partial charge in [0.15, 0.2) is 0 Å². The summed E-state index contributed by atoms with van der Waals surface area (Å²) in [6.07, 6.45) is 10.4. The van der Waals surface area contributed by atoms with E-state index < -0.39 is 0 Å². The summed E-state index contributed by atoms with van der Waals surface area (Å²) in [5, 5.41) is 0. The zero-order chi connectivity index (χ0) is 13.7. The number of hydrogen-bond donors (Lipinski definition) is 1. The smallest absolute Gasteiger partial charge is 0.0491 e. The number of hydrogen-bond acceptors (Lipinski definition) is 3. The van der Waals surface area contributed by atoms with Crippen molar-refractivity contribution in [3.05, 3.63) is 29.6 Å². The average molecular weight is 261 g/mol. The highest BCUT2D eigenvalue weighted by Crippen LogP contribution is 2.29. The zero-order valence-corrected chi connectivity index (χ0v) is 12.3. The number of nitrogens with two attached hydrogens (primary N) is 1. The van der Waals surface area contributed by atoms with E-state index in [1.165, 1.54) is 49.8 Å². The van der Waals surface area contributed by atoms with E-state index >= 15 is 0 Å². The molecular weight excluding hydrogens is 234 g/mol. The molecule has 1 aromatic heterocycles. The van der Waals surface area contributed by atoms with E-state index in [9.17, 15) is 0 Å². The molecular formula is C16H27N3. The van der Waals surface area contributed by atoms with Crippen molar-refractivity contribution < 1.29 is 0 Å². The SMILES string of the molecule is CCC1CCCCCN1C(CN)c1cnccc1C. The van der Waals surface area contributed by atoms with Crippen molar-refractivity contribution in [3.63, 3.8) is 0 Å². The molecule has 1 aliphatic heterocycles. The van der Waals surface area contributed by atoms with E-state index in [4.69, 9.17) is 5.73 Å². The second kappa shape index (κ2) is 7.01. The number of aryl methyl sites for hydroxylation is 1. The third-order valence-electron chi connectivity index (χ3n) is 4.46. The van der Waals surface area contributed by atoms with Crippen LogP contribution >= 0.6 is 0 Å². The highest BCUT2D eigenvalue weighted by molar-refractivity contribution is 5.25. The number of aromatic nitrogens is 1. The molecule has 3 heteroatoms. The first-order valence-electron chi connectivity index (χ1n) is 7.64. The molecule has 2 unspecified atom stereocenters. The molecule has 2 rings (SSSR count). The predicted octanol–water partition coefficient (Wildman–Crippen LogP) is 3.04. The Kier molecular flexibility index (Phi) is 5.34. The summed E-state index contributed by atoms with van der Waals surface area (Å²) in [6.45, 7) is 6.32. The van der Waals surface area contributed by atoms with Gasteiger partial charge in [-0.15, -0.1) is 0 Å². The topological polar surface area (TPSA) is 42.1 Å². The Morgan fingerprint density at radius 3 is 2.95 bits per heavy atom. The fourth-order valence-electron chi connectivity index (χ4n) is 3.31. The van der Waals surface area contributed by atoms with Gasteiger partial charge < -0.3 is 5.73 Å². The molecule has 1 aliphatic rings. The van der Waals surface area contributed by atoms with Crippen LogP contribution in [0.4, 0.5) is 0 Å². The maximum Gasteiger partial charge on any atom is 0.0491 e. The van der Waals surface area contributed by atoms with Crippen LogP contribution in [0.15, 0.2) is 18.5 Å². The van der Waals surface area contributed by atoms with Crippen LogP contribution in [-0.2, 0) is 0 Å². The normalized spacial score (nSPS) is 23.0. The van der Waals surface area contributed by atoms with Gasteiger partial charge in [-0.1, -0.05) is 19.8 Å². The summed E-state index contributed by atoms with van der Waals surface area (Å²) in [5.41, 5.74) is 8.72. The van der Waals surface area contributed by atoms with Crippen LogP contribution in [0.3, 0.4) is 0 Å². The minimum Gasteiger partial charge on any atom is -0.329 e. The van der Waals surface area contributed by atoms with E-state index in [1.54, 1.807) is 0 Å². The van der Waals surface area contributed by atoms with Crippen molar-refractivity contribution in [1.29, 1.82) is 0 Å². The summed E-state index contributed by atoms with van der Waals surface area (Å²) >= 11 is 0. The number of nitrogens with zero attached hydrogens (tertiary/aromatic N) is 2. The highest BCUT2D eigenvalue weighted by atomic mass is 15.2. The molecule has 0 bridgehead atoms. The van der Waals surface area contributed by atoms with Gasteiger partial charge in [0.05, 0.1) is 0 Å². The lowest BCUT2D eigenvalue weighted by Crippen LogP contribution is -2.41. The summed E-state index contributed by atoms with van der Waals surface area (Å²) in [7, 11) is 0. The maximum atomic E-state index is 6.10. The molecule has 0 spiro atoms. The Bertz CT molecular complexity index is 391. The monoisotopic (exact) mass is 261 g/mol. The molecule has 2 heterocycles. The van der Waals surface area contributed by atoms with Crippen molar-refractivity contribution in [3.8, 4) is 0 Å². The van der Waals surface area contributed by atoms with E-state index in [-0.39, 0.29) is 0 Å². The second-order valence-electron chi connectivity index (χ2n) is 5.63. The molecule has 2 N–H and O–H groups in total. The zero-order valence-electron chi connectivity index (χ0n) is 12.3. The Morgan fingerprint density at radius 2 is 2.26 bits per heavy atom. The molecule has 19 heavy (non-hydrogen) atoms. The van der Waals surface area contributed by atoms with Gasteiger partial charge in [-0.2, -0.15) is 0 Å². The van der Waals surface area contributed by atoms with E-state index in [0.717, 1.165) is 0 Å². The largest absolute Gasteiger partial charge is 0.329 e. The molecule has 0 aromatic carbocycles. The molecule has 1 fully saturated rings. The Balaban J connectivity index is 2.26. The fraction of sp³-hybridized carbons (Fsp3) is 0.688. The lowest BCUT2D eigenvalue weighted by molar-refractivity contribution is 0.135. The number of pyridine rings is 1. The standard InChI is InChI=1S/C16H27N3/c1-3-14-7-5-4-6-10-19(14)16(11-17)15-12-18-9-8-13(15)2/h8-9,12,14,16H,3-7,10-11,17H2,1-2H3. The van der Waals surface area contributed by atoms with E-state index in [1.807, 2.05) is 12.4 Å². The van der Waals surface area contributed by atoms with Gasteiger partial charge in [0.1, 0.15) is 0 Å². The Morgan fingerprint density at radius 1 is 1.42 bits per heavy atom. The van der Waals surface area contributed by atoms with Crippen LogP contribution in [0, 0.1) is 6.92 Å². The number of rotatable bonds is 4. The van der Waals surface area contributed by atoms with E-state index in [0.29, 0.717) is 18.6 Å². The van der Waals surface area contributed by atoms with Crippen LogP contribution in [0.2, 0.25) is 0 Å². The van der Waals surface area contributed by atoms with Gasteiger partial charge in [0.25, 0.3) is 0 Å². The summed E-state index contributed by atoms with van der Waals surface area (Å²) < 4.78 is 0. The Hall–Kier alpha value is -0.930. The summed E-state index contributed by atoms with van der Waals surface area (Å²) in [6, 6.07) is 3.10. The van der Waals surface area contributed by atoms with Gasteiger partial charge in [-0.3, -0.25) is 9.88 Å². The quantitative estimate of drug-likeness (QED) is 0.906. The van der Waals surface area contributed by atoms with Crippen molar-refractivity contribution in [2.24, 2.45) is 5.73 Å². The van der Waals surface area contributed by atoms with Crippen LogP contribution in [-0.4, -0.2) is 29.0 Å². The second-order valence-corrected chi connectivity index (χ2v) is 5.63. The third kappa shape index (κ3) is 3.34. The molecule has 3 nitrogen and oxygen atoms in total. The van der Waals surface area contributed by atoms with Gasteiger partial charge in [-0.25, -0.2) is 0 Å². The summed E-state index contributed by atoms with van der Waals surface area (Å²) in [5.74, 6) is 0. The van der Waals surface area contributed by atoms with Gasteiger partial charge in [0.2, 0.25) is 0 Å². The highest BCUT2D eigenvalue weighted by Gasteiger charge is 2.27. The molecule has 0 aliphatic carbocycles. The molecule has 106 valence electrons. The van der Waals surface area contributed by atoms with Crippen LogP contribution in [0.25, 0.3) is 0 Å². The molecule has 0 saturated carbocycles. The molecule has 2 atom stereocenters. The first-order valence-corrected chi connectivity index (χ1v) is 7.64. The average Bonchev–Trinajstić information content (AvgIpc) is 2.67. The van der Waals surface area contributed by atoms with Crippen molar-refractivity contribution in [1.82, 2.24) is 9.88 Å². The first-order chi connectivity index (χ1) is 9.27. The molecule has 1 aromatic rings. The van der Waals surface area contributed by atoms with Crippen LogP contribution in [0.1, 0.15) is 56.2 Å². The van der Waals surface area contributed by atoms with Crippen LogP contribution in [0.5, 0.6) is 0 Å². The minimum atomic E-state index is 0.330. The van der Waals surface area contributed by atoms with Crippen LogP contribution < -0.4 is 5.73 Å². The maximum absolute atomic E-state index is 6.10. The molecule has 1 saturated heterocycles. The van der Waals surface area contributed by atoms with Crippen molar-refractivity contribution >= 4 is 0 Å². The summed E-state index contributed by atoms with van der Waals surface area (Å²) in [4.78, 5) is 6.94. The van der Waals surface area contributed by atoms with E-state index in [2.05, 4.69) is 29.8 Å². The van der Waals surface area contributed by atoms with Gasteiger partial charge in [-0.05, 0) is 49.9 Å². The first kappa shape index (κ1) is 14.5. The predicted molar refractivity (Wildman–Crippen MR) is 80.0 cm³/mol. The van der Waals surface area contributed by atoms with Gasteiger partial charge in [0, 0.05) is 31.0 Å². The lowest BCUT2D eigenvalue weighted by Gasteiger charge is -2.37. The fourth-order valence-corrected chi connectivity index (χ4v) is 3.31. The minimum absolute atomic E-state index is 0.330. The molecule has 0 radical (unpaired) electrons. The Labute approximate surface area is 117 Å².